The summed E-state index contributed by atoms with van der Waals surface area (Å²) in [5, 5.41) is 13.9. The van der Waals surface area contributed by atoms with E-state index in [-0.39, 0.29) is 11.3 Å². The van der Waals surface area contributed by atoms with E-state index in [1.807, 2.05) is 0 Å². The average molecular weight is 269 g/mol. The number of para-hydroxylation sites is 1. The van der Waals surface area contributed by atoms with Crippen LogP contribution in [0.25, 0.3) is 0 Å². The highest BCUT2D eigenvalue weighted by molar-refractivity contribution is 6.01. The Hall–Kier alpha value is -2.69. The smallest absolute Gasteiger partial charge is 0.275 e. The SMILES string of the molecule is C/C(=N\NC(=O)c1cccc(C)c1O)c1ccncc1. The van der Waals surface area contributed by atoms with E-state index in [0.717, 1.165) is 5.56 Å². The van der Waals surface area contributed by atoms with Crippen LogP contribution in [-0.4, -0.2) is 21.7 Å². The number of nitrogens with one attached hydrogen (secondary N) is 1. The minimum absolute atomic E-state index is 0.0261. The Morgan fingerprint density at radius 3 is 2.65 bits per heavy atom. The topological polar surface area (TPSA) is 74.6 Å². The van der Waals surface area contributed by atoms with Crippen LogP contribution in [0.5, 0.6) is 5.75 Å². The monoisotopic (exact) mass is 269 g/mol. The summed E-state index contributed by atoms with van der Waals surface area (Å²) >= 11 is 0. The normalized spacial score (nSPS) is 11.2. The minimum Gasteiger partial charge on any atom is -0.507 e. The molecule has 102 valence electrons. The summed E-state index contributed by atoms with van der Waals surface area (Å²) < 4.78 is 0. The van der Waals surface area contributed by atoms with Gasteiger partial charge < -0.3 is 5.11 Å². The molecule has 0 unspecified atom stereocenters. The molecule has 2 rings (SSSR count). The highest BCUT2D eigenvalue weighted by Crippen LogP contribution is 2.20. The molecule has 0 saturated carbocycles. The molecule has 0 aliphatic rings. The van der Waals surface area contributed by atoms with Crippen LogP contribution in [0.1, 0.15) is 28.4 Å². The number of phenolic OH excluding ortho intramolecular Hbond substituents is 1. The van der Waals surface area contributed by atoms with E-state index in [0.29, 0.717) is 11.3 Å². The summed E-state index contributed by atoms with van der Waals surface area (Å²) in [5.74, 6) is -0.471. The molecule has 1 amide bonds. The number of amides is 1. The Morgan fingerprint density at radius 1 is 1.25 bits per heavy atom. The number of hydrazone groups is 1. The number of pyridine rings is 1. The maximum atomic E-state index is 12.0. The van der Waals surface area contributed by atoms with Gasteiger partial charge in [0.1, 0.15) is 5.75 Å². The largest absolute Gasteiger partial charge is 0.507 e. The molecule has 5 nitrogen and oxygen atoms in total. The number of aryl methyl sites for hydroxylation is 1. The lowest BCUT2D eigenvalue weighted by Crippen LogP contribution is -2.19. The van der Waals surface area contributed by atoms with Crippen molar-refractivity contribution in [3.63, 3.8) is 0 Å². The van der Waals surface area contributed by atoms with Gasteiger partial charge in [0.2, 0.25) is 0 Å². The molecular weight excluding hydrogens is 254 g/mol. The van der Waals surface area contributed by atoms with Crippen LogP contribution in [0.4, 0.5) is 0 Å². The number of phenols is 1. The minimum atomic E-state index is -0.445. The van der Waals surface area contributed by atoms with Crippen LogP contribution < -0.4 is 5.43 Å². The first-order valence-corrected chi connectivity index (χ1v) is 6.13. The Bertz CT molecular complexity index is 651. The van der Waals surface area contributed by atoms with E-state index in [1.54, 1.807) is 56.6 Å². The second-order valence-electron chi connectivity index (χ2n) is 4.35. The molecule has 5 heteroatoms. The summed E-state index contributed by atoms with van der Waals surface area (Å²) in [4.78, 5) is 15.9. The number of hydrogen-bond donors (Lipinski definition) is 2. The number of rotatable bonds is 3. The molecule has 0 aliphatic heterocycles. The van der Waals surface area contributed by atoms with Crippen molar-refractivity contribution in [3.8, 4) is 5.75 Å². The molecule has 0 atom stereocenters. The number of aromatic hydroxyl groups is 1. The van der Waals surface area contributed by atoms with Crippen molar-refractivity contribution in [2.24, 2.45) is 5.10 Å². The maximum absolute atomic E-state index is 12.0. The molecule has 0 spiro atoms. The highest BCUT2D eigenvalue weighted by atomic mass is 16.3. The maximum Gasteiger partial charge on any atom is 0.275 e. The van der Waals surface area contributed by atoms with Crippen LogP contribution in [0.2, 0.25) is 0 Å². The van der Waals surface area contributed by atoms with E-state index in [4.69, 9.17) is 0 Å². The van der Waals surface area contributed by atoms with Gasteiger partial charge in [-0.1, -0.05) is 12.1 Å². The predicted molar refractivity (Wildman–Crippen MR) is 76.8 cm³/mol. The number of hydrogen-bond acceptors (Lipinski definition) is 4. The van der Waals surface area contributed by atoms with Gasteiger partial charge in [-0.3, -0.25) is 9.78 Å². The van der Waals surface area contributed by atoms with Gasteiger partial charge in [-0.2, -0.15) is 5.10 Å². The van der Waals surface area contributed by atoms with Crippen molar-refractivity contribution in [2.75, 3.05) is 0 Å². The Kier molecular flexibility index (Phi) is 4.10. The number of carbonyl (C=O) groups is 1. The van der Waals surface area contributed by atoms with E-state index in [9.17, 15) is 9.90 Å². The van der Waals surface area contributed by atoms with Crippen LogP contribution >= 0.6 is 0 Å². The van der Waals surface area contributed by atoms with Crippen molar-refractivity contribution < 1.29 is 9.90 Å². The molecule has 1 heterocycles. The fraction of sp³-hybridized carbons (Fsp3) is 0.133. The Morgan fingerprint density at radius 2 is 1.95 bits per heavy atom. The van der Waals surface area contributed by atoms with Crippen molar-refractivity contribution >= 4 is 11.6 Å². The molecular formula is C15H15N3O2. The summed E-state index contributed by atoms with van der Waals surface area (Å²) in [6.07, 6.45) is 3.31. The third-order valence-electron chi connectivity index (χ3n) is 2.91. The van der Waals surface area contributed by atoms with E-state index in [2.05, 4.69) is 15.5 Å². The van der Waals surface area contributed by atoms with Crippen LogP contribution in [0.15, 0.2) is 47.8 Å². The van der Waals surface area contributed by atoms with Crippen LogP contribution in [0, 0.1) is 6.92 Å². The fourth-order valence-corrected chi connectivity index (χ4v) is 1.69. The van der Waals surface area contributed by atoms with E-state index in [1.165, 1.54) is 0 Å². The fourth-order valence-electron chi connectivity index (χ4n) is 1.69. The zero-order valence-electron chi connectivity index (χ0n) is 11.3. The first-order chi connectivity index (χ1) is 9.59. The van der Waals surface area contributed by atoms with Crippen molar-refractivity contribution in [3.05, 3.63) is 59.4 Å². The molecule has 2 N–H and O–H groups in total. The van der Waals surface area contributed by atoms with Gasteiger partial charge in [-0.15, -0.1) is 0 Å². The second-order valence-corrected chi connectivity index (χ2v) is 4.35. The highest BCUT2D eigenvalue weighted by Gasteiger charge is 2.11. The molecule has 0 bridgehead atoms. The predicted octanol–water partition coefficient (Wildman–Crippen LogP) is 2.25. The van der Waals surface area contributed by atoms with Crippen molar-refractivity contribution in [2.45, 2.75) is 13.8 Å². The van der Waals surface area contributed by atoms with Crippen molar-refractivity contribution in [1.82, 2.24) is 10.4 Å². The van der Waals surface area contributed by atoms with Gasteiger partial charge in [0.05, 0.1) is 11.3 Å². The standard InChI is InChI=1S/C15H15N3O2/c1-10-4-3-5-13(14(10)19)15(20)18-17-11(2)12-6-8-16-9-7-12/h3-9,19H,1-2H3,(H,18,20)/b17-11+. The third-order valence-corrected chi connectivity index (χ3v) is 2.91. The van der Waals surface area contributed by atoms with Crippen molar-refractivity contribution in [1.29, 1.82) is 0 Å². The van der Waals surface area contributed by atoms with Crippen LogP contribution in [0.3, 0.4) is 0 Å². The quantitative estimate of drug-likeness (QED) is 0.663. The Balaban J connectivity index is 2.15. The van der Waals surface area contributed by atoms with Gasteiger partial charge in [0, 0.05) is 18.0 Å². The number of benzene rings is 1. The molecule has 20 heavy (non-hydrogen) atoms. The summed E-state index contributed by atoms with van der Waals surface area (Å²) in [7, 11) is 0. The first kappa shape index (κ1) is 13.7. The molecule has 0 radical (unpaired) electrons. The number of carbonyl (C=O) groups excluding carboxylic acids is 1. The summed E-state index contributed by atoms with van der Waals surface area (Å²) in [6, 6.07) is 8.60. The molecule has 1 aromatic carbocycles. The summed E-state index contributed by atoms with van der Waals surface area (Å²) in [5.41, 5.74) is 4.81. The molecule has 2 aromatic rings. The van der Waals surface area contributed by atoms with Gasteiger partial charge in [-0.25, -0.2) is 5.43 Å². The van der Waals surface area contributed by atoms with Gasteiger partial charge >= 0.3 is 0 Å². The zero-order valence-corrected chi connectivity index (χ0v) is 11.3. The molecule has 1 aromatic heterocycles. The number of nitrogens with zero attached hydrogens (tertiary/aromatic N) is 2. The van der Waals surface area contributed by atoms with E-state index >= 15 is 0 Å². The van der Waals surface area contributed by atoms with Crippen LogP contribution in [-0.2, 0) is 0 Å². The lowest BCUT2D eigenvalue weighted by molar-refractivity contribution is 0.0952. The summed E-state index contributed by atoms with van der Waals surface area (Å²) in [6.45, 7) is 3.52. The second kappa shape index (κ2) is 5.97. The molecule has 0 saturated heterocycles. The first-order valence-electron chi connectivity index (χ1n) is 6.13. The van der Waals surface area contributed by atoms with E-state index < -0.39 is 5.91 Å². The Labute approximate surface area is 117 Å². The molecule has 0 aliphatic carbocycles. The lowest BCUT2D eigenvalue weighted by Gasteiger charge is -2.06. The van der Waals surface area contributed by atoms with Gasteiger partial charge in [-0.05, 0) is 37.6 Å². The zero-order chi connectivity index (χ0) is 14.5. The lowest BCUT2D eigenvalue weighted by atomic mass is 10.1. The third kappa shape index (κ3) is 3.00. The van der Waals surface area contributed by atoms with Gasteiger partial charge in [0.25, 0.3) is 5.91 Å². The average Bonchev–Trinajstić information content (AvgIpc) is 2.48. The number of aromatic nitrogens is 1. The van der Waals surface area contributed by atoms with Gasteiger partial charge in [0.15, 0.2) is 0 Å². The molecule has 0 fully saturated rings.